The maximum atomic E-state index is 12.1. The standard InChI is InChI=1S/C20H16N2O3/c1-24-16-11-17(25-2)18(13-8-4-3-7-12(13)16)19-14-9-5-6-10-15(14)20(23)22-21-19/h3-11H,1-2H3,(H,22,23). The topological polar surface area (TPSA) is 64.2 Å². The summed E-state index contributed by atoms with van der Waals surface area (Å²) in [5.41, 5.74) is 1.29. The van der Waals surface area contributed by atoms with Gasteiger partial charge in [0.15, 0.2) is 0 Å². The minimum Gasteiger partial charge on any atom is -0.496 e. The van der Waals surface area contributed by atoms with E-state index in [1.807, 2.05) is 48.5 Å². The van der Waals surface area contributed by atoms with Gasteiger partial charge in [-0.2, -0.15) is 5.10 Å². The molecule has 5 nitrogen and oxygen atoms in total. The third-order valence-corrected chi connectivity index (χ3v) is 4.34. The van der Waals surface area contributed by atoms with Crippen LogP contribution in [0.4, 0.5) is 0 Å². The van der Waals surface area contributed by atoms with Crippen molar-refractivity contribution in [1.29, 1.82) is 0 Å². The van der Waals surface area contributed by atoms with E-state index in [9.17, 15) is 4.79 Å². The Balaban J connectivity index is 2.19. The van der Waals surface area contributed by atoms with Crippen LogP contribution in [0.2, 0.25) is 0 Å². The summed E-state index contributed by atoms with van der Waals surface area (Å²) in [6, 6.07) is 17.2. The lowest BCUT2D eigenvalue weighted by Gasteiger charge is -2.15. The zero-order valence-corrected chi connectivity index (χ0v) is 13.9. The van der Waals surface area contributed by atoms with Gasteiger partial charge in [-0.15, -0.1) is 0 Å². The molecule has 3 aromatic carbocycles. The fraction of sp³-hybridized carbons (Fsp3) is 0.100. The molecule has 0 aliphatic heterocycles. The SMILES string of the molecule is COc1cc(OC)c2ccccc2c1-c1n[nH]c(=O)c2ccccc12. The van der Waals surface area contributed by atoms with Crippen LogP contribution in [-0.4, -0.2) is 24.4 Å². The van der Waals surface area contributed by atoms with Gasteiger partial charge in [0.25, 0.3) is 5.56 Å². The monoisotopic (exact) mass is 332 g/mol. The molecule has 0 saturated carbocycles. The number of rotatable bonds is 3. The van der Waals surface area contributed by atoms with Crippen molar-refractivity contribution in [2.75, 3.05) is 14.2 Å². The van der Waals surface area contributed by atoms with Crippen LogP contribution in [0.25, 0.3) is 32.8 Å². The fourth-order valence-electron chi connectivity index (χ4n) is 3.20. The molecule has 0 aliphatic carbocycles. The Bertz CT molecular complexity index is 1150. The van der Waals surface area contributed by atoms with Gasteiger partial charge in [-0.25, -0.2) is 5.10 Å². The van der Waals surface area contributed by atoms with Gasteiger partial charge >= 0.3 is 0 Å². The van der Waals surface area contributed by atoms with Gasteiger partial charge in [-0.05, 0) is 11.5 Å². The number of aromatic nitrogens is 2. The van der Waals surface area contributed by atoms with Crippen LogP contribution >= 0.6 is 0 Å². The largest absolute Gasteiger partial charge is 0.496 e. The van der Waals surface area contributed by atoms with E-state index >= 15 is 0 Å². The molecule has 0 aliphatic rings. The molecular weight excluding hydrogens is 316 g/mol. The van der Waals surface area contributed by atoms with Crippen molar-refractivity contribution in [2.24, 2.45) is 0 Å². The zero-order chi connectivity index (χ0) is 17.4. The Morgan fingerprint density at radius 3 is 2.08 bits per heavy atom. The maximum absolute atomic E-state index is 12.1. The lowest BCUT2D eigenvalue weighted by molar-refractivity contribution is 0.399. The molecule has 1 heterocycles. The van der Waals surface area contributed by atoms with E-state index in [-0.39, 0.29) is 5.56 Å². The lowest BCUT2D eigenvalue weighted by atomic mass is 9.97. The first-order chi connectivity index (χ1) is 12.2. The third kappa shape index (κ3) is 2.32. The van der Waals surface area contributed by atoms with Crippen LogP contribution in [0.15, 0.2) is 59.4 Å². The average Bonchev–Trinajstić information content (AvgIpc) is 2.67. The first kappa shape index (κ1) is 15.2. The van der Waals surface area contributed by atoms with Gasteiger partial charge in [0, 0.05) is 16.8 Å². The van der Waals surface area contributed by atoms with Crippen molar-refractivity contribution >= 4 is 21.5 Å². The first-order valence-electron chi connectivity index (χ1n) is 7.86. The number of benzene rings is 3. The molecule has 0 radical (unpaired) electrons. The predicted octanol–water partition coefficient (Wildman–Crippen LogP) is 3.76. The second-order valence-corrected chi connectivity index (χ2v) is 5.65. The van der Waals surface area contributed by atoms with Crippen molar-refractivity contribution in [3.63, 3.8) is 0 Å². The van der Waals surface area contributed by atoms with Crippen molar-refractivity contribution in [1.82, 2.24) is 10.2 Å². The van der Waals surface area contributed by atoms with Gasteiger partial charge in [0.1, 0.15) is 17.2 Å². The highest BCUT2D eigenvalue weighted by atomic mass is 16.5. The smallest absolute Gasteiger partial charge is 0.272 e. The molecule has 4 rings (SSSR count). The summed E-state index contributed by atoms with van der Waals surface area (Å²) in [5, 5.41) is 10.2. The Kier molecular flexibility index (Phi) is 3.61. The molecule has 4 aromatic rings. The summed E-state index contributed by atoms with van der Waals surface area (Å²) >= 11 is 0. The van der Waals surface area contributed by atoms with E-state index < -0.39 is 0 Å². The van der Waals surface area contributed by atoms with Crippen molar-refractivity contribution in [3.8, 4) is 22.8 Å². The molecule has 5 heteroatoms. The molecule has 1 N–H and O–H groups in total. The van der Waals surface area contributed by atoms with Crippen molar-refractivity contribution < 1.29 is 9.47 Å². The fourth-order valence-corrected chi connectivity index (χ4v) is 3.20. The molecule has 0 spiro atoms. The summed E-state index contributed by atoms with van der Waals surface area (Å²) in [4.78, 5) is 12.1. The number of nitrogens with one attached hydrogen (secondary N) is 1. The summed E-state index contributed by atoms with van der Waals surface area (Å²) in [6.07, 6.45) is 0. The number of hydrogen-bond acceptors (Lipinski definition) is 4. The Morgan fingerprint density at radius 1 is 0.800 bits per heavy atom. The third-order valence-electron chi connectivity index (χ3n) is 4.34. The highest BCUT2D eigenvalue weighted by Gasteiger charge is 2.18. The molecule has 0 bridgehead atoms. The van der Waals surface area contributed by atoms with E-state index in [0.717, 1.165) is 27.5 Å². The van der Waals surface area contributed by atoms with Crippen LogP contribution in [0.1, 0.15) is 0 Å². The summed E-state index contributed by atoms with van der Waals surface area (Å²) < 4.78 is 11.1. The molecular formula is C20H16N2O3. The number of fused-ring (bicyclic) bond motifs is 2. The Morgan fingerprint density at radius 2 is 1.40 bits per heavy atom. The second-order valence-electron chi connectivity index (χ2n) is 5.65. The van der Waals surface area contributed by atoms with E-state index in [1.165, 1.54) is 0 Å². The van der Waals surface area contributed by atoms with Crippen LogP contribution in [0.3, 0.4) is 0 Å². The number of H-pyrrole nitrogens is 1. The minimum atomic E-state index is -0.212. The summed E-state index contributed by atoms with van der Waals surface area (Å²) in [6.45, 7) is 0. The van der Waals surface area contributed by atoms with E-state index in [0.29, 0.717) is 16.8 Å². The van der Waals surface area contributed by atoms with Crippen molar-refractivity contribution in [3.05, 3.63) is 65.0 Å². The number of nitrogens with zero attached hydrogens (tertiary/aromatic N) is 1. The molecule has 25 heavy (non-hydrogen) atoms. The second kappa shape index (κ2) is 5.94. The van der Waals surface area contributed by atoms with Gasteiger partial charge < -0.3 is 9.47 Å². The van der Waals surface area contributed by atoms with Gasteiger partial charge in [0.05, 0.1) is 25.2 Å². The quantitative estimate of drug-likeness (QED) is 0.620. The average molecular weight is 332 g/mol. The Hall–Kier alpha value is -3.34. The summed E-state index contributed by atoms with van der Waals surface area (Å²) in [5.74, 6) is 1.37. The van der Waals surface area contributed by atoms with Gasteiger partial charge in [-0.1, -0.05) is 42.5 Å². The van der Waals surface area contributed by atoms with Gasteiger partial charge in [-0.3, -0.25) is 4.79 Å². The molecule has 0 saturated heterocycles. The predicted molar refractivity (Wildman–Crippen MR) is 98.4 cm³/mol. The van der Waals surface area contributed by atoms with Crippen LogP contribution in [0, 0.1) is 0 Å². The number of aromatic amines is 1. The summed E-state index contributed by atoms with van der Waals surface area (Å²) in [7, 11) is 3.25. The molecule has 124 valence electrons. The van der Waals surface area contributed by atoms with Crippen molar-refractivity contribution in [2.45, 2.75) is 0 Å². The van der Waals surface area contributed by atoms with Crippen LogP contribution in [0.5, 0.6) is 11.5 Å². The maximum Gasteiger partial charge on any atom is 0.272 e. The lowest BCUT2D eigenvalue weighted by Crippen LogP contribution is -2.09. The first-order valence-corrected chi connectivity index (χ1v) is 7.86. The van der Waals surface area contributed by atoms with E-state index in [2.05, 4.69) is 10.2 Å². The Labute approximate surface area is 143 Å². The van der Waals surface area contributed by atoms with Crippen LogP contribution < -0.4 is 15.0 Å². The van der Waals surface area contributed by atoms with Gasteiger partial charge in [0.2, 0.25) is 0 Å². The molecule has 0 atom stereocenters. The number of methoxy groups -OCH3 is 2. The molecule has 0 fully saturated rings. The van der Waals surface area contributed by atoms with Crippen LogP contribution in [-0.2, 0) is 0 Å². The highest BCUT2D eigenvalue weighted by molar-refractivity contribution is 6.07. The normalized spacial score (nSPS) is 11.0. The zero-order valence-electron chi connectivity index (χ0n) is 13.9. The number of ether oxygens (including phenoxy) is 2. The molecule has 0 amide bonds. The van der Waals surface area contributed by atoms with E-state index in [1.54, 1.807) is 20.3 Å². The molecule has 1 aromatic heterocycles. The number of hydrogen-bond donors (Lipinski definition) is 1. The molecule has 0 unspecified atom stereocenters. The minimum absolute atomic E-state index is 0.212. The highest BCUT2D eigenvalue weighted by Crippen LogP contribution is 2.42. The van der Waals surface area contributed by atoms with E-state index in [4.69, 9.17) is 9.47 Å².